The Labute approximate surface area is 182 Å². The largest absolute Gasteiger partial charge is 0.347 e. The van der Waals surface area contributed by atoms with E-state index in [-0.39, 0.29) is 5.91 Å². The van der Waals surface area contributed by atoms with Crippen molar-refractivity contribution in [1.29, 1.82) is 0 Å². The summed E-state index contributed by atoms with van der Waals surface area (Å²) in [6, 6.07) is 18.1. The summed E-state index contributed by atoms with van der Waals surface area (Å²) in [6.07, 6.45) is 3.44. The second kappa shape index (κ2) is 8.56. The van der Waals surface area contributed by atoms with Gasteiger partial charge >= 0.3 is 0 Å². The Balaban J connectivity index is 1.75. The summed E-state index contributed by atoms with van der Waals surface area (Å²) in [5.41, 5.74) is 8.84. The molecule has 0 saturated carbocycles. The number of benzene rings is 2. The van der Waals surface area contributed by atoms with Crippen molar-refractivity contribution >= 4 is 5.91 Å². The lowest BCUT2D eigenvalue weighted by molar-refractivity contribution is 0.0943. The number of rotatable bonds is 5. The third kappa shape index (κ3) is 4.40. The number of carbonyl (C=O) groups is 1. The molecule has 0 saturated heterocycles. The van der Waals surface area contributed by atoms with E-state index in [0.717, 1.165) is 28.1 Å². The van der Waals surface area contributed by atoms with Gasteiger partial charge in [0.05, 0.1) is 11.4 Å². The topological polar surface area (TPSA) is 59.8 Å². The normalized spacial score (nSPS) is 10.8. The van der Waals surface area contributed by atoms with Crippen molar-refractivity contribution in [2.24, 2.45) is 0 Å². The molecule has 156 valence electrons. The maximum atomic E-state index is 13.2. The van der Waals surface area contributed by atoms with Crippen LogP contribution in [0.4, 0.5) is 0 Å². The van der Waals surface area contributed by atoms with Gasteiger partial charge in [0.1, 0.15) is 5.69 Å². The molecule has 4 aromatic rings. The van der Waals surface area contributed by atoms with Gasteiger partial charge < -0.3 is 5.32 Å². The van der Waals surface area contributed by atoms with E-state index in [0.29, 0.717) is 12.2 Å². The highest BCUT2D eigenvalue weighted by Gasteiger charge is 2.19. The van der Waals surface area contributed by atoms with Crippen LogP contribution < -0.4 is 5.32 Å². The first-order valence-corrected chi connectivity index (χ1v) is 10.3. The summed E-state index contributed by atoms with van der Waals surface area (Å²) < 4.78 is 1.75. The van der Waals surface area contributed by atoms with Crippen molar-refractivity contribution in [2.75, 3.05) is 0 Å². The first-order chi connectivity index (χ1) is 14.9. The van der Waals surface area contributed by atoms with Gasteiger partial charge in [0.2, 0.25) is 0 Å². The van der Waals surface area contributed by atoms with Gasteiger partial charge in [-0.25, -0.2) is 4.68 Å². The Bertz CT molecular complexity index is 1240. The van der Waals surface area contributed by atoms with Crippen LogP contribution >= 0.6 is 0 Å². The minimum atomic E-state index is -0.167. The first-order valence-electron chi connectivity index (χ1n) is 10.3. The van der Waals surface area contributed by atoms with Crippen LogP contribution in [-0.4, -0.2) is 20.7 Å². The van der Waals surface area contributed by atoms with Crippen LogP contribution in [-0.2, 0) is 6.54 Å². The van der Waals surface area contributed by atoms with Crippen LogP contribution in [0.2, 0.25) is 0 Å². The minimum Gasteiger partial charge on any atom is -0.347 e. The third-order valence-corrected chi connectivity index (χ3v) is 5.53. The van der Waals surface area contributed by atoms with Gasteiger partial charge in [-0.05, 0) is 80.3 Å². The van der Waals surface area contributed by atoms with E-state index >= 15 is 0 Å². The van der Waals surface area contributed by atoms with Crippen LogP contribution in [0.3, 0.4) is 0 Å². The molecule has 4 rings (SSSR count). The zero-order valence-electron chi connectivity index (χ0n) is 18.3. The predicted octanol–water partition coefficient (Wildman–Crippen LogP) is 5.10. The van der Waals surface area contributed by atoms with Gasteiger partial charge in [-0.15, -0.1) is 0 Å². The number of amides is 1. The number of nitrogens with one attached hydrogen (secondary N) is 1. The molecule has 5 heteroatoms. The van der Waals surface area contributed by atoms with Gasteiger partial charge in [0.15, 0.2) is 0 Å². The van der Waals surface area contributed by atoms with E-state index in [1.54, 1.807) is 17.1 Å². The van der Waals surface area contributed by atoms with Crippen molar-refractivity contribution in [2.45, 2.75) is 34.2 Å². The Morgan fingerprint density at radius 3 is 2.35 bits per heavy atom. The smallest absolute Gasteiger partial charge is 0.270 e. The van der Waals surface area contributed by atoms with Crippen LogP contribution in [0.25, 0.3) is 16.9 Å². The number of nitrogens with zero attached hydrogens (tertiary/aromatic N) is 3. The monoisotopic (exact) mass is 410 g/mol. The average molecular weight is 411 g/mol. The van der Waals surface area contributed by atoms with Gasteiger partial charge in [0.25, 0.3) is 5.91 Å². The zero-order chi connectivity index (χ0) is 22.0. The van der Waals surface area contributed by atoms with Crippen molar-refractivity contribution in [3.8, 4) is 16.9 Å². The van der Waals surface area contributed by atoms with Crippen LogP contribution in [0.5, 0.6) is 0 Å². The maximum Gasteiger partial charge on any atom is 0.270 e. The Morgan fingerprint density at radius 1 is 0.871 bits per heavy atom. The fourth-order valence-electron chi connectivity index (χ4n) is 3.58. The molecule has 0 unspecified atom stereocenters. The Hall–Kier alpha value is -3.73. The molecule has 0 radical (unpaired) electrons. The highest BCUT2D eigenvalue weighted by atomic mass is 16.2. The molecular weight excluding hydrogens is 384 g/mol. The van der Waals surface area contributed by atoms with Crippen molar-refractivity contribution in [3.05, 3.63) is 101 Å². The first kappa shape index (κ1) is 20.5. The summed E-state index contributed by atoms with van der Waals surface area (Å²) in [5.74, 6) is -0.167. The number of carbonyl (C=O) groups excluding carboxylic acids is 1. The fraction of sp³-hybridized carbons (Fsp3) is 0.192. The average Bonchev–Trinajstić information content (AvgIpc) is 3.20. The molecule has 31 heavy (non-hydrogen) atoms. The number of aromatic nitrogens is 3. The molecule has 0 bridgehead atoms. The van der Waals surface area contributed by atoms with Gasteiger partial charge in [-0.1, -0.05) is 29.8 Å². The molecule has 0 aliphatic carbocycles. The predicted molar refractivity (Wildman–Crippen MR) is 123 cm³/mol. The quantitative estimate of drug-likeness (QED) is 0.498. The van der Waals surface area contributed by atoms with Crippen molar-refractivity contribution < 1.29 is 4.79 Å². The third-order valence-electron chi connectivity index (χ3n) is 5.53. The summed E-state index contributed by atoms with van der Waals surface area (Å²) in [5, 5.41) is 7.85. The molecule has 0 spiro atoms. The van der Waals surface area contributed by atoms with E-state index in [9.17, 15) is 4.79 Å². The number of pyridine rings is 1. The lowest BCUT2D eigenvalue weighted by atomic mass is 10.0. The Kier molecular flexibility index (Phi) is 5.67. The molecule has 1 amide bonds. The van der Waals surface area contributed by atoms with Crippen molar-refractivity contribution in [1.82, 2.24) is 20.1 Å². The fourth-order valence-corrected chi connectivity index (χ4v) is 3.58. The summed E-state index contributed by atoms with van der Waals surface area (Å²) in [7, 11) is 0. The minimum absolute atomic E-state index is 0.167. The number of aryl methyl sites for hydroxylation is 4. The lowest BCUT2D eigenvalue weighted by Crippen LogP contribution is -2.25. The molecule has 1 N–H and O–H groups in total. The van der Waals surface area contributed by atoms with Gasteiger partial charge in [-0.3, -0.25) is 9.78 Å². The van der Waals surface area contributed by atoms with Crippen LogP contribution in [0.1, 0.15) is 38.3 Å². The lowest BCUT2D eigenvalue weighted by Gasteiger charge is -2.11. The van der Waals surface area contributed by atoms with Gasteiger partial charge in [0, 0.05) is 24.5 Å². The SMILES string of the molecule is Cc1ccc(-n2nc(-c3ccc(C)c(C)c3)cc2C(=O)NCc2ccncc2)c(C)c1. The zero-order valence-corrected chi connectivity index (χ0v) is 18.3. The Morgan fingerprint density at radius 2 is 1.65 bits per heavy atom. The van der Waals surface area contributed by atoms with Crippen LogP contribution in [0.15, 0.2) is 67.0 Å². The molecule has 0 aliphatic heterocycles. The molecule has 2 aromatic heterocycles. The summed E-state index contributed by atoms with van der Waals surface area (Å²) in [6.45, 7) is 8.70. The van der Waals surface area contributed by atoms with E-state index < -0.39 is 0 Å². The molecule has 2 aromatic carbocycles. The summed E-state index contributed by atoms with van der Waals surface area (Å²) in [4.78, 5) is 17.2. The van der Waals surface area contributed by atoms with Crippen LogP contribution in [0, 0.1) is 27.7 Å². The van der Waals surface area contributed by atoms with E-state index in [2.05, 4.69) is 55.3 Å². The molecular formula is C26H26N4O. The molecule has 5 nitrogen and oxygen atoms in total. The van der Waals surface area contributed by atoms with E-state index in [1.807, 2.05) is 37.3 Å². The molecule has 0 fully saturated rings. The molecule has 0 aliphatic rings. The van der Waals surface area contributed by atoms with E-state index in [1.165, 1.54) is 16.7 Å². The standard InChI is InChI=1S/C26H26N4O/c1-17-5-8-24(20(4)13-17)30-25(26(31)28-16-21-9-11-27-12-10-21)15-23(29-30)22-7-6-18(2)19(3)14-22/h5-15H,16H2,1-4H3,(H,28,31). The van der Waals surface area contributed by atoms with Crippen molar-refractivity contribution in [3.63, 3.8) is 0 Å². The summed E-state index contributed by atoms with van der Waals surface area (Å²) >= 11 is 0. The highest BCUT2D eigenvalue weighted by molar-refractivity contribution is 5.94. The highest BCUT2D eigenvalue weighted by Crippen LogP contribution is 2.25. The number of hydrogen-bond donors (Lipinski definition) is 1. The second-order valence-electron chi connectivity index (χ2n) is 7.95. The second-order valence-corrected chi connectivity index (χ2v) is 7.95. The number of hydrogen-bond acceptors (Lipinski definition) is 3. The molecule has 2 heterocycles. The molecule has 0 atom stereocenters. The van der Waals surface area contributed by atoms with Gasteiger partial charge in [-0.2, -0.15) is 5.10 Å². The van der Waals surface area contributed by atoms with E-state index in [4.69, 9.17) is 5.10 Å². The maximum absolute atomic E-state index is 13.2.